The van der Waals surface area contributed by atoms with Gasteiger partial charge in [0, 0.05) is 40.1 Å². The third-order valence-electron chi connectivity index (χ3n) is 6.31. The van der Waals surface area contributed by atoms with Crippen molar-refractivity contribution < 1.29 is 19.0 Å². The first-order valence-electron chi connectivity index (χ1n) is 10.7. The molecule has 2 atom stereocenters. The highest BCUT2D eigenvalue weighted by atomic mass is 19.1. The first-order valence-corrected chi connectivity index (χ1v) is 10.7. The molecule has 4 heterocycles. The van der Waals surface area contributed by atoms with Crippen molar-refractivity contribution in [3.8, 4) is 11.8 Å². The number of carbonyl (C=O) groups is 1. The number of carboxylic acids is 1. The molecule has 1 aromatic carbocycles. The number of rotatable bonds is 5. The van der Waals surface area contributed by atoms with Crippen molar-refractivity contribution in [2.75, 3.05) is 6.61 Å². The van der Waals surface area contributed by atoms with E-state index in [-0.39, 0.29) is 24.8 Å². The van der Waals surface area contributed by atoms with Crippen LogP contribution in [-0.4, -0.2) is 43.5 Å². The number of fused-ring (bicyclic) bond motifs is 2. The molecular weight excluding hydrogens is 425 g/mol. The fourth-order valence-corrected chi connectivity index (χ4v) is 4.78. The van der Waals surface area contributed by atoms with Crippen LogP contribution in [0.3, 0.4) is 0 Å². The smallest absolute Gasteiger partial charge is 0.332 e. The molecule has 0 amide bonds. The minimum Gasteiger partial charge on any atom is -0.479 e. The lowest BCUT2D eigenvalue weighted by Crippen LogP contribution is -2.24. The number of pyridine rings is 1. The molecule has 0 saturated carbocycles. The maximum absolute atomic E-state index is 13.8. The SMILES string of the molecule is CC(C)(CC#N)c1c([C@@H]2COC(C(=O)O)C2)c2nc3[nH]ncc3cc2n1-c1ccc(F)cc1. The summed E-state index contributed by atoms with van der Waals surface area (Å²) in [7, 11) is 0. The van der Waals surface area contributed by atoms with Crippen molar-refractivity contribution in [3.05, 3.63) is 53.6 Å². The second-order valence-electron chi connectivity index (χ2n) is 9.05. The van der Waals surface area contributed by atoms with Crippen LogP contribution in [0.5, 0.6) is 0 Å². The Hall–Kier alpha value is -3.77. The Morgan fingerprint density at radius 2 is 2.15 bits per heavy atom. The van der Waals surface area contributed by atoms with Crippen LogP contribution in [0.4, 0.5) is 4.39 Å². The lowest BCUT2D eigenvalue weighted by molar-refractivity contribution is -0.147. The van der Waals surface area contributed by atoms with Gasteiger partial charge in [-0.3, -0.25) is 5.10 Å². The fraction of sp³-hybridized carbons (Fsp3) is 0.333. The summed E-state index contributed by atoms with van der Waals surface area (Å²) in [6, 6.07) is 10.4. The minimum atomic E-state index is -0.999. The number of nitrogens with zero attached hydrogens (tertiary/aromatic N) is 4. The molecule has 2 N–H and O–H groups in total. The second-order valence-corrected chi connectivity index (χ2v) is 9.05. The number of halogens is 1. The van der Waals surface area contributed by atoms with Crippen LogP contribution in [0.2, 0.25) is 0 Å². The van der Waals surface area contributed by atoms with E-state index in [1.165, 1.54) is 12.1 Å². The zero-order valence-corrected chi connectivity index (χ0v) is 18.2. The monoisotopic (exact) mass is 447 g/mol. The average molecular weight is 447 g/mol. The topological polar surface area (TPSA) is 117 Å². The highest BCUT2D eigenvalue weighted by molar-refractivity contribution is 5.94. The van der Waals surface area contributed by atoms with Gasteiger partial charge in [0.1, 0.15) is 5.82 Å². The van der Waals surface area contributed by atoms with E-state index in [0.717, 1.165) is 27.8 Å². The third kappa shape index (κ3) is 3.43. The fourth-order valence-electron chi connectivity index (χ4n) is 4.78. The van der Waals surface area contributed by atoms with Gasteiger partial charge in [-0.1, -0.05) is 13.8 Å². The molecule has 0 aliphatic carbocycles. The molecule has 0 bridgehead atoms. The first kappa shape index (κ1) is 21.1. The molecule has 5 rings (SSSR count). The highest BCUT2D eigenvalue weighted by Crippen LogP contribution is 2.45. The van der Waals surface area contributed by atoms with Gasteiger partial charge in [-0.2, -0.15) is 10.4 Å². The third-order valence-corrected chi connectivity index (χ3v) is 6.31. The Morgan fingerprint density at radius 1 is 1.39 bits per heavy atom. The number of aliphatic carboxylic acids is 1. The van der Waals surface area contributed by atoms with Gasteiger partial charge in [0.05, 0.1) is 29.9 Å². The first-order chi connectivity index (χ1) is 15.8. The predicted molar refractivity (Wildman–Crippen MR) is 119 cm³/mol. The zero-order valence-electron chi connectivity index (χ0n) is 18.2. The molecule has 168 valence electrons. The maximum Gasteiger partial charge on any atom is 0.332 e. The summed E-state index contributed by atoms with van der Waals surface area (Å²) < 4.78 is 21.4. The van der Waals surface area contributed by atoms with Crippen LogP contribution < -0.4 is 0 Å². The molecule has 9 heteroatoms. The quantitative estimate of drug-likeness (QED) is 0.474. The van der Waals surface area contributed by atoms with Crippen molar-refractivity contribution in [3.63, 3.8) is 0 Å². The van der Waals surface area contributed by atoms with E-state index in [9.17, 15) is 19.6 Å². The minimum absolute atomic E-state index is 0.226. The summed E-state index contributed by atoms with van der Waals surface area (Å²) in [4.78, 5) is 16.4. The second kappa shape index (κ2) is 7.67. The van der Waals surface area contributed by atoms with Crippen LogP contribution >= 0.6 is 0 Å². The highest BCUT2D eigenvalue weighted by Gasteiger charge is 2.40. The number of ether oxygens (including phenoxy) is 1. The Morgan fingerprint density at radius 3 is 2.82 bits per heavy atom. The molecule has 4 aromatic rings. The van der Waals surface area contributed by atoms with E-state index < -0.39 is 17.5 Å². The number of aromatic nitrogens is 4. The van der Waals surface area contributed by atoms with Gasteiger partial charge < -0.3 is 14.4 Å². The molecule has 1 fully saturated rings. The van der Waals surface area contributed by atoms with E-state index >= 15 is 0 Å². The summed E-state index contributed by atoms with van der Waals surface area (Å²) in [6.07, 6.45) is 1.31. The largest absolute Gasteiger partial charge is 0.479 e. The molecule has 1 saturated heterocycles. The van der Waals surface area contributed by atoms with Crippen LogP contribution in [0, 0.1) is 17.1 Å². The lowest BCUT2D eigenvalue weighted by Gasteiger charge is -2.27. The molecule has 0 radical (unpaired) electrons. The number of aromatic amines is 1. The van der Waals surface area contributed by atoms with Crippen LogP contribution in [-0.2, 0) is 14.9 Å². The number of carboxylic acid groups (broad SMARTS) is 1. The van der Waals surface area contributed by atoms with Gasteiger partial charge in [0.15, 0.2) is 11.8 Å². The summed E-state index contributed by atoms with van der Waals surface area (Å²) in [5.41, 5.74) is 3.91. The van der Waals surface area contributed by atoms with Crippen molar-refractivity contribution >= 4 is 28.0 Å². The molecule has 3 aromatic heterocycles. The van der Waals surface area contributed by atoms with Crippen molar-refractivity contribution in [1.82, 2.24) is 19.7 Å². The Balaban J connectivity index is 1.87. The maximum atomic E-state index is 13.8. The van der Waals surface area contributed by atoms with Crippen molar-refractivity contribution in [1.29, 1.82) is 5.26 Å². The number of hydrogen-bond acceptors (Lipinski definition) is 5. The molecule has 1 aliphatic rings. The summed E-state index contributed by atoms with van der Waals surface area (Å²) in [5, 5.41) is 26.9. The van der Waals surface area contributed by atoms with Gasteiger partial charge in [0.25, 0.3) is 0 Å². The predicted octanol–water partition coefficient (Wildman–Crippen LogP) is 4.19. The normalized spacial score (nSPS) is 18.7. The number of hydrogen-bond donors (Lipinski definition) is 2. The van der Waals surface area contributed by atoms with E-state index in [1.807, 2.05) is 24.5 Å². The van der Waals surface area contributed by atoms with E-state index in [0.29, 0.717) is 17.6 Å². The molecule has 0 spiro atoms. The number of nitrogens with one attached hydrogen (secondary N) is 1. The molecule has 1 aliphatic heterocycles. The Labute approximate surface area is 188 Å². The molecule has 8 nitrogen and oxygen atoms in total. The Kier molecular flexibility index (Phi) is 4.91. The van der Waals surface area contributed by atoms with Crippen molar-refractivity contribution in [2.24, 2.45) is 0 Å². The Bertz CT molecular complexity index is 1410. The summed E-state index contributed by atoms with van der Waals surface area (Å²) >= 11 is 0. The zero-order chi connectivity index (χ0) is 23.3. The average Bonchev–Trinajstić information content (AvgIpc) is 3.49. The van der Waals surface area contributed by atoms with Gasteiger partial charge in [-0.05, 0) is 36.8 Å². The number of H-pyrrole nitrogens is 1. The summed E-state index contributed by atoms with van der Waals surface area (Å²) in [6.45, 7) is 4.19. The molecule has 1 unspecified atom stereocenters. The lowest BCUT2D eigenvalue weighted by atomic mass is 9.80. The van der Waals surface area contributed by atoms with E-state index in [2.05, 4.69) is 16.3 Å². The van der Waals surface area contributed by atoms with E-state index in [1.54, 1.807) is 18.3 Å². The molecule has 33 heavy (non-hydrogen) atoms. The standard InChI is InChI=1S/C24H22FN5O3/c1-24(2,7-8-26)21-19(14-10-18(23(31)32)33-12-14)20-17(9-13-11-27-29-22(13)28-20)30(21)16-5-3-15(25)4-6-16/h3-6,9,11,14,18H,7,10,12H2,1-2H3,(H,31,32)(H,27,28,29)/t14-,18?/m0/s1. The van der Waals surface area contributed by atoms with Crippen LogP contribution in [0.25, 0.3) is 27.8 Å². The van der Waals surface area contributed by atoms with E-state index in [4.69, 9.17) is 9.72 Å². The summed E-state index contributed by atoms with van der Waals surface area (Å²) in [5.74, 6) is -1.57. The van der Waals surface area contributed by atoms with Gasteiger partial charge in [-0.25, -0.2) is 14.2 Å². The number of nitriles is 1. The van der Waals surface area contributed by atoms with Crippen LogP contribution in [0.15, 0.2) is 36.5 Å². The van der Waals surface area contributed by atoms with Gasteiger partial charge in [0.2, 0.25) is 0 Å². The number of benzene rings is 1. The van der Waals surface area contributed by atoms with Crippen molar-refractivity contribution in [2.45, 2.75) is 44.1 Å². The van der Waals surface area contributed by atoms with Crippen LogP contribution in [0.1, 0.15) is 43.9 Å². The van der Waals surface area contributed by atoms with Gasteiger partial charge in [-0.15, -0.1) is 0 Å². The van der Waals surface area contributed by atoms with Gasteiger partial charge >= 0.3 is 5.97 Å². The molecular formula is C24H22FN5O3.